The smallest absolute Gasteiger partial charge is 0.193 e. The molecule has 2 aliphatic rings. The molecule has 1 atom stereocenters. The highest BCUT2D eigenvalue weighted by Gasteiger charge is 2.21. The minimum Gasteiger partial charge on any atom is -0.379 e. The first-order valence-corrected chi connectivity index (χ1v) is 10.5. The van der Waals surface area contributed by atoms with Gasteiger partial charge in [-0.15, -0.1) is 0 Å². The monoisotopic (exact) mass is 373 g/mol. The van der Waals surface area contributed by atoms with Crippen LogP contribution in [0.5, 0.6) is 0 Å². The average molecular weight is 374 g/mol. The maximum atomic E-state index is 5.73. The lowest BCUT2D eigenvalue weighted by Crippen LogP contribution is -2.46. The highest BCUT2D eigenvalue weighted by atomic mass is 16.5. The molecule has 27 heavy (non-hydrogen) atoms. The van der Waals surface area contributed by atoms with Gasteiger partial charge in [0.25, 0.3) is 0 Å². The second-order valence-electron chi connectivity index (χ2n) is 7.66. The van der Waals surface area contributed by atoms with Crippen LogP contribution in [-0.4, -0.2) is 63.5 Å². The molecule has 2 saturated heterocycles. The number of rotatable bonds is 8. The van der Waals surface area contributed by atoms with Crippen molar-refractivity contribution in [1.29, 1.82) is 0 Å². The van der Waals surface area contributed by atoms with Crippen LogP contribution in [0.2, 0.25) is 0 Å². The average Bonchev–Trinajstić information content (AvgIpc) is 3.23. The number of nitrogens with one attached hydrogen (secondary N) is 1. The summed E-state index contributed by atoms with van der Waals surface area (Å²) in [6, 6.07) is 10.9. The quantitative estimate of drug-likeness (QED) is 0.432. The molecule has 0 spiro atoms. The minimum atomic E-state index is 0.322. The van der Waals surface area contributed by atoms with Gasteiger partial charge in [-0.3, -0.25) is 4.99 Å². The van der Waals surface area contributed by atoms with Crippen molar-refractivity contribution in [1.82, 2.24) is 10.2 Å². The summed E-state index contributed by atoms with van der Waals surface area (Å²) in [5, 5.41) is 3.50. The number of hydrogen-bond donors (Lipinski definition) is 1. The van der Waals surface area contributed by atoms with Crippen molar-refractivity contribution in [2.75, 3.05) is 46.5 Å². The Bertz CT molecular complexity index is 550. The molecule has 2 heterocycles. The molecule has 0 aromatic heterocycles. The first kappa shape index (κ1) is 20.2. The van der Waals surface area contributed by atoms with Gasteiger partial charge in [0, 0.05) is 39.9 Å². The van der Waals surface area contributed by atoms with Crippen LogP contribution < -0.4 is 5.32 Å². The molecule has 0 bridgehead atoms. The summed E-state index contributed by atoms with van der Waals surface area (Å²) >= 11 is 0. The molecule has 3 rings (SSSR count). The Labute approximate surface area is 164 Å². The normalized spacial score (nSPS) is 21.6. The van der Waals surface area contributed by atoms with Gasteiger partial charge in [0.2, 0.25) is 0 Å². The molecule has 0 radical (unpaired) electrons. The first-order valence-electron chi connectivity index (χ1n) is 10.5. The fourth-order valence-corrected chi connectivity index (χ4v) is 3.99. The predicted octanol–water partition coefficient (Wildman–Crippen LogP) is 3.10. The summed E-state index contributed by atoms with van der Waals surface area (Å²) in [5.74, 6) is 1.82. The van der Waals surface area contributed by atoms with Crippen LogP contribution in [0.25, 0.3) is 0 Å². The van der Waals surface area contributed by atoms with Crippen molar-refractivity contribution in [2.24, 2.45) is 10.9 Å². The third-order valence-electron chi connectivity index (χ3n) is 5.57. The SMILES string of the molecule is CN=C(NCCCOCC1CCCO1)N1CCC(Cc2ccccc2)CC1. The zero-order valence-corrected chi connectivity index (χ0v) is 16.7. The van der Waals surface area contributed by atoms with Crippen LogP contribution >= 0.6 is 0 Å². The second-order valence-corrected chi connectivity index (χ2v) is 7.66. The maximum absolute atomic E-state index is 5.73. The van der Waals surface area contributed by atoms with E-state index >= 15 is 0 Å². The van der Waals surface area contributed by atoms with Gasteiger partial charge >= 0.3 is 0 Å². The summed E-state index contributed by atoms with van der Waals surface area (Å²) in [5.41, 5.74) is 1.46. The lowest BCUT2D eigenvalue weighted by Gasteiger charge is -2.34. The minimum absolute atomic E-state index is 0.322. The lowest BCUT2D eigenvalue weighted by atomic mass is 9.90. The maximum Gasteiger partial charge on any atom is 0.193 e. The van der Waals surface area contributed by atoms with Crippen LogP contribution in [0.1, 0.15) is 37.7 Å². The van der Waals surface area contributed by atoms with E-state index in [1.807, 2.05) is 7.05 Å². The van der Waals surface area contributed by atoms with E-state index in [0.717, 1.165) is 64.2 Å². The van der Waals surface area contributed by atoms with E-state index in [-0.39, 0.29) is 0 Å². The Kier molecular flexibility index (Phi) is 8.43. The lowest BCUT2D eigenvalue weighted by molar-refractivity contribution is 0.0168. The molecular formula is C22H35N3O2. The Balaban J connectivity index is 1.28. The summed E-state index contributed by atoms with van der Waals surface area (Å²) < 4.78 is 11.3. The standard InChI is InChI=1S/C22H35N3O2/c1-23-22(24-12-6-15-26-18-21-9-5-16-27-21)25-13-10-20(11-14-25)17-19-7-3-2-4-8-19/h2-4,7-8,20-21H,5-6,9-18H2,1H3,(H,23,24). The number of aliphatic imine (C=N–C) groups is 1. The highest BCUT2D eigenvalue weighted by molar-refractivity contribution is 5.79. The third-order valence-corrected chi connectivity index (χ3v) is 5.57. The van der Waals surface area contributed by atoms with E-state index < -0.39 is 0 Å². The number of benzene rings is 1. The Morgan fingerprint density at radius 3 is 2.74 bits per heavy atom. The number of hydrogen-bond acceptors (Lipinski definition) is 3. The molecular weight excluding hydrogens is 338 g/mol. The second kappa shape index (κ2) is 11.3. The van der Waals surface area contributed by atoms with Gasteiger partial charge in [0.05, 0.1) is 12.7 Å². The van der Waals surface area contributed by atoms with E-state index in [4.69, 9.17) is 9.47 Å². The summed E-state index contributed by atoms with van der Waals surface area (Å²) in [6.07, 6.45) is 7.31. The Hall–Kier alpha value is -1.59. The van der Waals surface area contributed by atoms with Crippen molar-refractivity contribution in [2.45, 2.75) is 44.6 Å². The number of ether oxygens (including phenoxy) is 2. The summed E-state index contributed by atoms with van der Waals surface area (Å²) in [4.78, 5) is 6.87. The van der Waals surface area contributed by atoms with Crippen LogP contribution in [0.4, 0.5) is 0 Å². The van der Waals surface area contributed by atoms with Crippen molar-refractivity contribution in [3.8, 4) is 0 Å². The van der Waals surface area contributed by atoms with E-state index in [0.29, 0.717) is 6.10 Å². The number of likely N-dealkylation sites (tertiary alicyclic amines) is 1. The van der Waals surface area contributed by atoms with E-state index in [2.05, 4.69) is 45.5 Å². The molecule has 2 aliphatic heterocycles. The van der Waals surface area contributed by atoms with Gasteiger partial charge in [-0.25, -0.2) is 0 Å². The van der Waals surface area contributed by atoms with Gasteiger partial charge in [-0.1, -0.05) is 30.3 Å². The van der Waals surface area contributed by atoms with Gasteiger partial charge in [-0.2, -0.15) is 0 Å². The van der Waals surface area contributed by atoms with Gasteiger partial charge in [0.15, 0.2) is 5.96 Å². The molecule has 5 heteroatoms. The Morgan fingerprint density at radius 2 is 2.04 bits per heavy atom. The molecule has 1 aromatic carbocycles. The van der Waals surface area contributed by atoms with Crippen molar-refractivity contribution >= 4 is 5.96 Å². The van der Waals surface area contributed by atoms with Gasteiger partial charge in [0.1, 0.15) is 0 Å². The van der Waals surface area contributed by atoms with Crippen molar-refractivity contribution in [3.63, 3.8) is 0 Å². The summed E-state index contributed by atoms with van der Waals surface area (Å²) in [7, 11) is 1.88. The molecule has 1 N–H and O–H groups in total. The molecule has 1 aromatic rings. The topological polar surface area (TPSA) is 46.1 Å². The van der Waals surface area contributed by atoms with Gasteiger partial charge < -0.3 is 19.7 Å². The van der Waals surface area contributed by atoms with E-state index in [1.54, 1.807) is 0 Å². The number of piperidine rings is 1. The van der Waals surface area contributed by atoms with Crippen molar-refractivity contribution < 1.29 is 9.47 Å². The molecule has 0 amide bonds. The molecule has 1 unspecified atom stereocenters. The largest absolute Gasteiger partial charge is 0.379 e. The predicted molar refractivity (Wildman–Crippen MR) is 110 cm³/mol. The fraction of sp³-hybridized carbons (Fsp3) is 0.682. The molecule has 0 saturated carbocycles. The van der Waals surface area contributed by atoms with Gasteiger partial charge in [-0.05, 0) is 50.0 Å². The van der Waals surface area contributed by atoms with Crippen molar-refractivity contribution in [3.05, 3.63) is 35.9 Å². The van der Waals surface area contributed by atoms with Crippen LogP contribution in [0.3, 0.4) is 0 Å². The van der Waals surface area contributed by atoms with Crippen LogP contribution in [0.15, 0.2) is 35.3 Å². The zero-order valence-electron chi connectivity index (χ0n) is 16.7. The highest BCUT2D eigenvalue weighted by Crippen LogP contribution is 2.21. The summed E-state index contributed by atoms with van der Waals surface area (Å²) in [6.45, 7) is 5.50. The Morgan fingerprint density at radius 1 is 1.22 bits per heavy atom. The third kappa shape index (κ3) is 6.82. The molecule has 150 valence electrons. The van der Waals surface area contributed by atoms with Crippen LogP contribution in [-0.2, 0) is 15.9 Å². The van der Waals surface area contributed by atoms with E-state index in [1.165, 1.54) is 31.2 Å². The van der Waals surface area contributed by atoms with Crippen LogP contribution in [0, 0.1) is 5.92 Å². The fourth-order valence-electron chi connectivity index (χ4n) is 3.99. The molecule has 2 fully saturated rings. The van der Waals surface area contributed by atoms with E-state index in [9.17, 15) is 0 Å². The molecule has 0 aliphatic carbocycles. The number of guanidine groups is 1. The number of nitrogens with zero attached hydrogens (tertiary/aromatic N) is 2. The zero-order chi connectivity index (χ0) is 18.7. The first-order chi connectivity index (χ1) is 13.3. The molecule has 5 nitrogen and oxygen atoms in total.